The summed E-state index contributed by atoms with van der Waals surface area (Å²) in [6, 6.07) is 5.56. The molecule has 0 aromatic heterocycles. The van der Waals surface area contributed by atoms with Crippen LogP contribution in [0.15, 0.2) is 30.4 Å². The molecular weight excluding hydrogens is 384 g/mol. The van der Waals surface area contributed by atoms with Crippen LogP contribution in [0, 0.1) is 41.9 Å². The third-order valence-corrected chi connectivity index (χ3v) is 8.94. The summed E-state index contributed by atoms with van der Waals surface area (Å²) in [4.78, 5) is 0. The van der Waals surface area contributed by atoms with Gasteiger partial charge in [0.05, 0.1) is 12.2 Å². The van der Waals surface area contributed by atoms with Gasteiger partial charge < -0.3 is 15.3 Å². The first-order valence-corrected chi connectivity index (χ1v) is 12.4. The van der Waals surface area contributed by atoms with E-state index in [0.29, 0.717) is 23.5 Å². The standard InChI is InChI=1S/C28H44O3/c1-17(2)18(3)7-8-20(5)27-26(31)16-24-23(25(30)13-14-28(24,27)6)12-10-21-15-22(29)11-9-19(21)4/h9,11,15,17,20,23-27,29-31H,3,7-8,10,12-14,16H2,1-2,4-6H3. The Balaban J connectivity index is 1.73. The highest BCUT2D eigenvalue weighted by Gasteiger charge is 2.57. The molecule has 2 fully saturated rings. The second-order valence-electron chi connectivity index (χ2n) is 11.2. The highest BCUT2D eigenvalue weighted by atomic mass is 16.3. The van der Waals surface area contributed by atoms with Crippen LogP contribution in [0.2, 0.25) is 0 Å². The third kappa shape index (κ3) is 5.03. The average molecular weight is 429 g/mol. The second kappa shape index (κ2) is 9.67. The Morgan fingerprint density at radius 1 is 1.19 bits per heavy atom. The maximum absolute atomic E-state index is 11.2. The van der Waals surface area contributed by atoms with Crippen LogP contribution in [-0.2, 0) is 6.42 Å². The summed E-state index contributed by atoms with van der Waals surface area (Å²) in [7, 11) is 0. The van der Waals surface area contributed by atoms with Crippen molar-refractivity contribution >= 4 is 0 Å². The molecule has 7 atom stereocenters. The number of aromatic hydroxyl groups is 1. The van der Waals surface area contributed by atoms with E-state index < -0.39 is 0 Å². The van der Waals surface area contributed by atoms with Gasteiger partial charge in [-0.05, 0) is 110 Å². The molecular formula is C28H44O3. The Labute approximate surface area is 189 Å². The Hall–Kier alpha value is -1.32. The zero-order valence-electron chi connectivity index (χ0n) is 20.3. The van der Waals surface area contributed by atoms with Crippen LogP contribution < -0.4 is 0 Å². The number of benzene rings is 1. The second-order valence-corrected chi connectivity index (χ2v) is 11.2. The van der Waals surface area contributed by atoms with Crippen LogP contribution in [-0.4, -0.2) is 27.5 Å². The lowest BCUT2D eigenvalue weighted by molar-refractivity contribution is -0.0582. The van der Waals surface area contributed by atoms with Crippen molar-refractivity contribution in [1.82, 2.24) is 0 Å². The van der Waals surface area contributed by atoms with Gasteiger partial charge in [-0.15, -0.1) is 0 Å². The SMILES string of the molecule is C=C(CCC(C)C1C(O)CC2C(CCc3cc(O)ccc3C)C(O)CCC21C)C(C)C. The number of aryl methyl sites for hydroxylation is 2. The monoisotopic (exact) mass is 428 g/mol. The highest BCUT2D eigenvalue weighted by Crippen LogP contribution is 2.60. The van der Waals surface area contributed by atoms with Crippen molar-refractivity contribution in [3.8, 4) is 5.75 Å². The van der Waals surface area contributed by atoms with Gasteiger partial charge in [0.2, 0.25) is 0 Å². The number of phenolic OH excluding ortho intramolecular Hbond substituents is 1. The van der Waals surface area contributed by atoms with Gasteiger partial charge in [-0.1, -0.05) is 45.9 Å². The first kappa shape index (κ1) is 24.3. The van der Waals surface area contributed by atoms with E-state index in [1.807, 2.05) is 12.1 Å². The van der Waals surface area contributed by atoms with Gasteiger partial charge in [0.1, 0.15) is 5.75 Å². The van der Waals surface area contributed by atoms with E-state index in [1.165, 1.54) is 11.1 Å². The summed E-state index contributed by atoms with van der Waals surface area (Å²) in [5, 5.41) is 32.0. The number of phenols is 1. The number of hydrogen-bond donors (Lipinski definition) is 3. The van der Waals surface area contributed by atoms with Crippen molar-refractivity contribution in [3.63, 3.8) is 0 Å². The molecule has 174 valence electrons. The van der Waals surface area contributed by atoms with Gasteiger partial charge in [-0.25, -0.2) is 0 Å². The van der Waals surface area contributed by atoms with Crippen LogP contribution in [0.5, 0.6) is 5.75 Å². The number of rotatable bonds is 8. The first-order chi connectivity index (χ1) is 14.5. The zero-order chi connectivity index (χ0) is 22.9. The number of aliphatic hydroxyl groups excluding tert-OH is 2. The van der Waals surface area contributed by atoms with E-state index in [-0.39, 0.29) is 29.5 Å². The molecule has 3 rings (SSSR count). The maximum atomic E-state index is 11.2. The molecule has 3 N–H and O–H groups in total. The van der Waals surface area contributed by atoms with Crippen molar-refractivity contribution in [1.29, 1.82) is 0 Å². The van der Waals surface area contributed by atoms with Gasteiger partial charge in [0, 0.05) is 0 Å². The Kier molecular flexibility index (Phi) is 7.58. The first-order valence-electron chi connectivity index (χ1n) is 12.4. The van der Waals surface area contributed by atoms with Crippen LogP contribution >= 0.6 is 0 Å². The zero-order valence-corrected chi connectivity index (χ0v) is 20.3. The molecule has 0 saturated heterocycles. The molecule has 0 heterocycles. The van der Waals surface area contributed by atoms with Crippen LogP contribution in [0.1, 0.15) is 77.3 Å². The molecule has 2 saturated carbocycles. The van der Waals surface area contributed by atoms with E-state index in [1.54, 1.807) is 6.07 Å². The Morgan fingerprint density at radius 2 is 1.90 bits per heavy atom. The average Bonchev–Trinajstić information content (AvgIpc) is 2.98. The number of fused-ring (bicyclic) bond motifs is 1. The molecule has 2 aliphatic rings. The summed E-state index contributed by atoms with van der Waals surface area (Å²) < 4.78 is 0. The molecule has 0 amide bonds. The van der Waals surface area contributed by atoms with Gasteiger partial charge in [0.25, 0.3) is 0 Å². The molecule has 0 bridgehead atoms. The van der Waals surface area contributed by atoms with Gasteiger partial charge >= 0.3 is 0 Å². The fourth-order valence-electron chi connectivity index (χ4n) is 6.87. The fraction of sp³-hybridized carbons (Fsp3) is 0.714. The third-order valence-electron chi connectivity index (χ3n) is 8.94. The molecule has 1 aromatic carbocycles. The minimum Gasteiger partial charge on any atom is -0.508 e. The summed E-state index contributed by atoms with van der Waals surface area (Å²) in [5.41, 5.74) is 3.74. The van der Waals surface area contributed by atoms with Crippen molar-refractivity contribution in [2.45, 2.75) is 91.8 Å². The molecule has 3 nitrogen and oxygen atoms in total. The quantitative estimate of drug-likeness (QED) is 0.443. The fourth-order valence-corrected chi connectivity index (χ4v) is 6.87. The van der Waals surface area contributed by atoms with Crippen LogP contribution in [0.25, 0.3) is 0 Å². The number of hydrogen-bond acceptors (Lipinski definition) is 3. The molecule has 0 spiro atoms. The minimum atomic E-state index is -0.294. The van der Waals surface area contributed by atoms with E-state index >= 15 is 0 Å². The van der Waals surface area contributed by atoms with Crippen LogP contribution in [0.4, 0.5) is 0 Å². The van der Waals surface area contributed by atoms with Gasteiger partial charge in [0.15, 0.2) is 0 Å². The van der Waals surface area contributed by atoms with Crippen molar-refractivity contribution in [2.24, 2.45) is 35.0 Å². The Morgan fingerprint density at radius 3 is 2.58 bits per heavy atom. The lowest BCUT2D eigenvalue weighted by Crippen LogP contribution is -2.45. The molecule has 7 unspecified atom stereocenters. The molecule has 3 heteroatoms. The highest BCUT2D eigenvalue weighted by molar-refractivity contribution is 5.34. The van der Waals surface area contributed by atoms with E-state index in [0.717, 1.165) is 50.5 Å². The predicted molar refractivity (Wildman–Crippen MR) is 128 cm³/mol. The van der Waals surface area contributed by atoms with Crippen molar-refractivity contribution in [2.75, 3.05) is 0 Å². The van der Waals surface area contributed by atoms with Gasteiger partial charge in [-0.2, -0.15) is 0 Å². The number of allylic oxidation sites excluding steroid dienone is 1. The molecule has 31 heavy (non-hydrogen) atoms. The maximum Gasteiger partial charge on any atom is 0.115 e. The smallest absolute Gasteiger partial charge is 0.115 e. The summed E-state index contributed by atoms with van der Waals surface area (Å²) in [6.45, 7) is 15.4. The minimum absolute atomic E-state index is 0.0791. The van der Waals surface area contributed by atoms with Gasteiger partial charge in [-0.3, -0.25) is 0 Å². The van der Waals surface area contributed by atoms with Crippen LogP contribution in [0.3, 0.4) is 0 Å². The summed E-state index contributed by atoms with van der Waals surface area (Å²) in [6.07, 6.45) is 5.93. The lowest BCUT2D eigenvalue weighted by Gasteiger charge is -2.49. The lowest BCUT2D eigenvalue weighted by atomic mass is 9.57. The molecule has 0 radical (unpaired) electrons. The van der Waals surface area contributed by atoms with E-state index in [4.69, 9.17) is 0 Å². The molecule has 2 aliphatic carbocycles. The van der Waals surface area contributed by atoms with Crippen molar-refractivity contribution in [3.05, 3.63) is 41.5 Å². The van der Waals surface area contributed by atoms with E-state index in [2.05, 4.69) is 41.2 Å². The molecule has 1 aromatic rings. The van der Waals surface area contributed by atoms with Crippen molar-refractivity contribution < 1.29 is 15.3 Å². The largest absolute Gasteiger partial charge is 0.508 e. The number of aliphatic hydroxyl groups is 2. The predicted octanol–water partition coefficient (Wildman–Crippen LogP) is 6.04. The summed E-state index contributed by atoms with van der Waals surface area (Å²) in [5.74, 6) is 2.11. The topological polar surface area (TPSA) is 60.7 Å². The molecule has 0 aliphatic heterocycles. The normalized spacial score (nSPS) is 34.0. The van der Waals surface area contributed by atoms with E-state index in [9.17, 15) is 15.3 Å². The Bertz CT molecular complexity index is 770. The summed E-state index contributed by atoms with van der Waals surface area (Å²) >= 11 is 0.